The molecular formula is C11H16N2O4Zn. The number of aromatic nitrogens is 2. The van der Waals surface area contributed by atoms with Gasteiger partial charge in [-0.25, -0.2) is 0 Å². The molecule has 0 aromatic carbocycles. The monoisotopic (exact) mass is 304 g/mol. The van der Waals surface area contributed by atoms with Gasteiger partial charge in [0, 0.05) is 11.4 Å². The summed E-state index contributed by atoms with van der Waals surface area (Å²) in [6.07, 6.45) is 2.57. The van der Waals surface area contributed by atoms with Crippen molar-refractivity contribution in [1.82, 2.24) is 9.97 Å². The molecule has 0 aliphatic heterocycles. The molecule has 1 aromatic rings. The van der Waals surface area contributed by atoms with Gasteiger partial charge in [-0.15, -0.1) is 0 Å². The Morgan fingerprint density at radius 2 is 1.83 bits per heavy atom. The molecule has 0 radical (unpaired) electrons. The third-order valence-electron chi connectivity index (χ3n) is 1.56. The summed E-state index contributed by atoms with van der Waals surface area (Å²) in [4.78, 5) is 17.4. The number of hydrogen-bond donors (Lipinski definition) is 0. The molecule has 0 atom stereocenters. The molecule has 7 heteroatoms. The van der Waals surface area contributed by atoms with Gasteiger partial charge in [-0.1, -0.05) is 33.0 Å². The van der Waals surface area contributed by atoms with Crippen LogP contribution in [0.3, 0.4) is 0 Å². The number of nitrogens with zero attached hydrogens (tertiary/aromatic N) is 2. The van der Waals surface area contributed by atoms with E-state index in [-0.39, 0.29) is 25.5 Å². The van der Waals surface area contributed by atoms with Gasteiger partial charge < -0.3 is 24.4 Å². The molecule has 0 saturated carbocycles. The second-order valence-corrected chi connectivity index (χ2v) is 4.06. The molecule has 1 rings (SSSR count). The van der Waals surface area contributed by atoms with E-state index in [1.807, 2.05) is 0 Å². The van der Waals surface area contributed by atoms with Crippen LogP contribution in [-0.4, -0.2) is 30.2 Å². The van der Waals surface area contributed by atoms with Gasteiger partial charge in [-0.2, -0.15) is 0 Å². The molecule has 0 amide bonds. The maximum atomic E-state index is 9.91. The number of rotatable bonds is 2. The summed E-state index contributed by atoms with van der Waals surface area (Å²) in [6, 6.07) is 1.79. The van der Waals surface area contributed by atoms with Gasteiger partial charge in [0.2, 0.25) is 0 Å². The zero-order valence-corrected chi connectivity index (χ0v) is 14.3. The molecule has 0 bridgehead atoms. The van der Waals surface area contributed by atoms with Crippen molar-refractivity contribution < 1.29 is 38.9 Å². The standard InChI is InChI=1S/C6H7N2O2.C5H10O2.Zn/c1-9-5-3-4-7-6(8-5)10-2;1-5(2,3)4(6)7;/h3H,1-2H3;1-3H3,(H,6,7);/q-1;;+2/p-1. The summed E-state index contributed by atoms with van der Waals surface area (Å²) >= 11 is 0. The maximum Gasteiger partial charge on any atom is 2.00 e. The van der Waals surface area contributed by atoms with Crippen molar-refractivity contribution in [2.24, 2.45) is 5.41 Å². The molecule has 6 nitrogen and oxygen atoms in total. The van der Waals surface area contributed by atoms with Gasteiger partial charge in [-0.3, -0.25) is 4.98 Å². The molecule has 0 spiro atoms. The third kappa shape index (κ3) is 7.95. The first-order valence-corrected chi connectivity index (χ1v) is 4.85. The Hall–Kier alpha value is -1.23. The molecule has 96 valence electrons. The average Bonchev–Trinajstić information content (AvgIpc) is 2.28. The van der Waals surface area contributed by atoms with Crippen molar-refractivity contribution in [3.8, 4) is 11.9 Å². The van der Waals surface area contributed by atoms with Crippen LogP contribution in [0.5, 0.6) is 11.9 Å². The Morgan fingerprint density at radius 3 is 2.17 bits per heavy atom. The van der Waals surface area contributed by atoms with E-state index in [2.05, 4.69) is 16.2 Å². The summed E-state index contributed by atoms with van der Waals surface area (Å²) in [7, 11) is 3.01. The van der Waals surface area contributed by atoms with Crippen molar-refractivity contribution in [3.63, 3.8) is 0 Å². The van der Waals surface area contributed by atoms with Crippen molar-refractivity contribution in [2.45, 2.75) is 20.8 Å². The van der Waals surface area contributed by atoms with Crippen molar-refractivity contribution in [2.75, 3.05) is 14.2 Å². The first-order chi connectivity index (χ1) is 7.81. The van der Waals surface area contributed by atoms with E-state index in [1.165, 1.54) is 20.3 Å². The van der Waals surface area contributed by atoms with Crippen LogP contribution in [0.15, 0.2) is 6.07 Å². The number of aliphatic carboxylic acids is 1. The summed E-state index contributed by atoms with van der Waals surface area (Å²) in [6.45, 7) is 4.80. The van der Waals surface area contributed by atoms with Crippen LogP contribution in [0.4, 0.5) is 0 Å². The minimum absolute atomic E-state index is 0. The van der Waals surface area contributed by atoms with Gasteiger partial charge in [0.05, 0.1) is 14.2 Å². The number of ether oxygens (including phenoxy) is 2. The van der Waals surface area contributed by atoms with Crippen molar-refractivity contribution in [3.05, 3.63) is 12.3 Å². The smallest absolute Gasteiger partial charge is 0.550 e. The number of hydrogen-bond acceptors (Lipinski definition) is 6. The molecule has 0 saturated heterocycles. The predicted octanol–water partition coefficient (Wildman–Crippen LogP) is 0.0739. The summed E-state index contributed by atoms with van der Waals surface area (Å²) in [5, 5.41) is 9.91. The quantitative estimate of drug-likeness (QED) is 0.568. The van der Waals surface area contributed by atoms with E-state index < -0.39 is 11.4 Å². The first-order valence-electron chi connectivity index (χ1n) is 4.85. The van der Waals surface area contributed by atoms with Gasteiger partial charge >= 0.3 is 19.5 Å². The Morgan fingerprint density at radius 1 is 1.33 bits per heavy atom. The number of methoxy groups -OCH3 is 2. The first kappa shape index (κ1) is 19.1. The normalized spacial score (nSPS) is 9.39. The Labute approximate surface area is 119 Å². The van der Waals surface area contributed by atoms with Gasteiger partial charge in [0.15, 0.2) is 6.01 Å². The van der Waals surface area contributed by atoms with Crippen LogP contribution in [0.1, 0.15) is 20.8 Å². The van der Waals surface area contributed by atoms with Crippen LogP contribution >= 0.6 is 0 Å². The van der Waals surface area contributed by atoms with Crippen molar-refractivity contribution in [1.29, 1.82) is 0 Å². The Kier molecular flexibility index (Phi) is 9.35. The molecule has 1 aromatic heterocycles. The molecule has 0 aliphatic rings. The number of carbonyl (C=O) groups excluding carboxylic acids is 1. The van der Waals surface area contributed by atoms with E-state index in [1.54, 1.807) is 20.8 Å². The van der Waals surface area contributed by atoms with E-state index in [0.29, 0.717) is 5.88 Å². The largest absolute Gasteiger partial charge is 2.00 e. The van der Waals surface area contributed by atoms with Crippen LogP contribution in [-0.2, 0) is 24.3 Å². The summed E-state index contributed by atoms with van der Waals surface area (Å²) in [5.41, 5.74) is -0.694. The van der Waals surface area contributed by atoms with E-state index in [9.17, 15) is 9.90 Å². The van der Waals surface area contributed by atoms with E-state index in [0.717, 1.165) is 0 Å². The van der Waals surface area contributed by atoms with Gasteiger partial charge in [0.1, 0.15) is 5.88 Å². The summed E-state index contributed by atoms with van der Waals surface area (Å²) < 4.78 is 9.52. The van der Waals surface area contributed by atoms with Gasteiger partial charge in [0.25, 0.3) is 0 Å². The Bertz CT molecular complexity index is 347. The minimum atomic E-state index is -1.01. The van der Waals surface area contributed by atoms with Crippen LogP contribution < -0.4 is 14.6 Å². The topological polar surface area (TPSA) is 84.4 Å². The SMILES string of the molecule is CC(C)(C)C(=O)[O-].COc1c[c-]nc(OC)n1.[Zn+2]. The van der Waals surface area contributed by atoms with E-state index >= 15 is 0 Å². The molecular weight excluding hydrogens is 290 g/mol. The number of carboxylic acids is 1. The fraction of sp³-hybridized carbons (Fsp3) is 0.545. The number of carbonyl (C=O) groups is 1. The zero-order valence-electron chi connectivity index (χ0n) is 11.3. The second-order valence-electron chi connectivity index (χ2n) is 4.06. The fourth-order valence-electron chi connectivity index (χ4n) is 0.490. The third-order valence-corrected chi connectivity index (χ3v) is 1.56. The van der Waals surface area contributed by atoms with Gasteiger partial charge in [-0.05, 0) is 0 Å². The molecule has 1 heterocycles. The van der Waals surface area contributed by atoms with Crippen molar-refractivity contribution >= 4 is 5.97 Å². The fourth-order valence-corrected chi connectivity index (χ4v) is 0.490. The second kappa shape index (κ2) is 8.80. The summed E-state index contributed by atoms with van der Waals surface area (Å²) in [5.74, 6) is -0.556. The molecule has 0 N–H and O–H groups in total. The van der Waals surface area contributed by atoms with Crippen LogP contribution in [0, 0.1) is 11.6 Å². The minimum Gasteiger partial charge on any atom is -0.550 e. The van der Waals surface area contributed by atoms with Crippen LogP contribution in [0.25, 0.3) is 0 Å². The molecule has 18 heavy (non-hydrogen) atoms. The molecule has 0 aliphatic carbocycles. The van der Waals surface area contributed by atoms with Crippen LogP contribution in [0.2, 0.25) is 0 Å². The Balaban J connectivity index is 0. The maximum absolute atomic E-state index is 9.91. The molecule has 0 unspecified atom stereocenters. The average molecular weight is 306 g/mol. The zero-order chi connectivity index (χ0) is 13.5. The molecule has 0 fully saturated rings. The van der Waals surface area contributed by atoms with E-state index in [4.69, 9.17) is 9.47 Å². The predicted molar refractivity (Wildman–Crippen MR) is 58.4 cm³/mol. The number of carboxylic acid groups (broad SMARTS) is 1.